The van der Waals surface area contributed by atoms with Gasteiger partial charge in [0.15, 0.2) is 0 Å². The third kappa shape index (κ3) is 7.72. The van der Waals surface area contributed by atoms with Gasteiger partial charge in [-0.15, -0.1) is 0 Å². The van der Waals surface area contributed by atoms with E-state index in [0.29, 0.717) is 5.69 Å². The summed E-state index contributed by atoms with van der Waals surface area (Å²) in [6.07, 6.45) is 20.5. The Morgan fingerprint density at radius 1 is 0.975 bits per heavy atom. The number of anilines is 1. The summed E-state index contributed by atoms with van der Waals surface area (Å²) in [6, 6.07) is 4.00. The molecule has 1 aromatic carbocycles. The van der Waals surface area contributed by atoms with Gasteiger partial charge < -0.3 is 20.9 Å². The molecule has 1 saturated heterocycles. The number of likely N-dealkylation sites (N-methyl/N-ethyl adjacent to an activating group) is 1. The molecule has 1 heterocycles. The van der Waals surface area contributed by atoms with Crippen molar-refractivity contribution in [3.8, 4) is 0 Å². The summed E-state index contributed by atoms with van der Waals surface area (Å²) in [5, 5.41) is 8.14. The number of hydrogen-bond acceptors (Lipinski definition) is 4. The summed E-state index contributed by atoms with van der Waals surface area (Å²) in [4.78, 5) is 17.8. The number of rotatable bonds is 11. The maximum absolute atomic E-state index is 13.5. The first kappa shape index (κ1) is 31.3. The van der Waals surface area contributed by atoms with Gasteiger partial charge in [0.05, 0.1) is 0 Å². The number of benzene rings is 1. The van der Waals surface area contributed by atoms with Crippen LogP contribution >= 0.6 is 0 Å². The van der Waals surface area contributed by atoms with E-state index in [-0.39, 0.29) is 5.91 Å². The van der Waals surface area contributed by atoms with Crippen molar-refractivity contribution in [2.45, 2.75) is 79.1 Å². The highest BCUT2D eigenvalue weighted by molar-refractivity contribution is 5.97. The maximum atomic E-state index is 13.5. The zero-order valence-electron chi connectivity index (χ0n) is 25.5. The molecular weight excluding hydrogens is 492 g/mol. The van der Waals surface area contributed by atoms with Gasteiger partial charge in [0.25, 0.3) is 5.91 Å². The normalized spacial score (nSPS) is 18.1. The van der Waals surface area contributed by atoms with E-state index in [1.165, 1.54) is 22.9 Å². The van der Waals surface area contributed by atoms with Crippen LogP contribution in [0.15, 0.2) is 64.8 Å². The SMILES string of the molecule is C/C=C(\C=C/C(=C/CCC)C(=O)N1CCN(C)CC1)C(=C\CCC)/C1=C(c2c(C)ccc(N)c2C=N)CCCC1. The van der Waals surface area contributed by atoms with Crippen LogP contribution in [0.4, 0.5) is 5.69 Å². The van der Waals surface area contributed by atoms with Crippen LogP contribution in [0.1, 0.15) is 88.8 Å². The summed E-state index contributed by atoms with van der Waals surface area (Å²) in [6.45, 7) is 12.0. The van der Waals surface area contributed by atoms with Gasteiger partial charge in [0.2, 0.25) is 0 Å². The number of hydrogen-bond donors (Lipinski definition) is 2. The lowest BCUT2D eigenvalue weighted by atomic mass is 9.78. The van der Waals surface area contributed by atoms with Crippen molar-refractivity contribution in [2.24, 2.45) is 0 Å². The molecule has 0 aromatic heterocycles. The van der Waals surface area contributed by atoms with E-state index in [1.807, 2.05) is 17.0 Å². The fraction of sp³-hybridized carbons (Fsp3) is 0.486. The van der Waals surface area contributed by atoms with Crippen molar-refractivity contribution < 1.29 is 4.79 Å². The molecule has 1 aliphatic heterocycles. The number of unbranched alkanes of at least 4 members (excludes halogenated alkanes) is 2. The van der Waals surface area contributed by atoms with Crippen LogP contribution in [-0.2, 0) is 4.79 Å². The molecule has 216 valence electrons. The van der Waals surface area contributed by atoms with Crippen LogP contribution in [0.5, 0.6) is 0 Å². The predicted octanol–water partition coefficient (Wildman–Crippen LogP) is 7.63. The maximum Gasteiger partial charge on any atom is 0.253 e. The first-order valence-electron chi connectivity index (χ1n) is 15.2. The van der Waals surface area contributed by atoms with Gasteiger partial charge in [0.1, 0.15) is 0 Å². The molecule has 0 saturated carbocycles. The van der Waals surface area contributed by atoms with Crippen molar-refractivity contribution >= 4 is 23.4 Å². The van der Waals surface area contributed by atoms with E-state index in [2.05, 4.69) is 70.0 Å². The van der Waals surface area contributed by atoms with Gasteiger partial charge >= 0.3 is 0 Å². The Kier molecular flexibility index (Phi) is 12.2. The second-order valence-electron chi connectivity index (χ2n) is 11.1. The lowest BCUT2D eigenvalue weighted by molar-refractivity contribution is -0.128. The van der Waals surface area contributed by atoms with E-state index in [0.717, 1.165) is 105 Å². The smallest absolute Gasteiger partial charge is 0.253 e. The second-order valence-corrected chi connectivity index (χ2v) is 11.1. The largest absolute Gasteiger partial charge is 0.398 e. The van der Waals surface area contributed by atoms with Crippen LogP contribution < -0.4 is 5.73 Å². The number of piperazine rings is 1. The molecule has 0 spiro atoms. The van der Waals surface area contributed by atoms with Crippen molar-refractivity contribution in [3.63, 3.8) is 0 Å². The Labute approximate surface area is 242 Å². The Morgan fingerprint density at radius 2 is 1.62 bits per heavy atom. The fourth-order valence-electron chi connectivity index (χ4n) is 5.72. The molecule has 0 radical (unpaired) electrons. The van der Waals surface area contributed by atoms with Crippen molar-refractivity contribution in [1.82, 2.24) is 9.80 Å². The molecule has 3 N–H and O–H groups in total. The van der Waals surface area contributed by atoms with E-state index >= 15 is 0 Å². The van der Waals surface area contributed by atoms with Gasteiger partial charge in [0, 0.05) is 49.2 Å². The number of allylic oxidation sites excluding steroid dienone is 8. The average Bonchev–Trinajstić information content (AvgIpc) is 2.97. The summed E-state index contributed by atoms with van der Waals surface area (Å²) >= 11 is 0. The van der Waals surface area contributed by atoms with Crippen LogP contribution in [-0.4, -0.2) is 55.1 Å². The topological polar surface area (TPSA) is 73.4 Å². The highest BCUT2D eigenvalue weighted by atomic mass is 16.2. The van der Waals surface area contributed by atoms with Gasteiger partial charge in [-0.25, -0.2) is 0 Å². The minimum Gasteiger partial charge on any atom is -0.398 e. The first-order chi connectivity index (χ1) is 19.4. The number of nitrogens with one attached hydrogen (secondary N) is 1. The minimum absolute atomic E-state index is 0.135. The number of nitrogens with two attached hydrogens (primary N) is 1. The number of aryl methyl sites for hydroxylation is 1. The lowest BCUT2D eigenvalue weighted by Crippen LogP contribution is -2.47. The lowest BCUT2D eigenvalue weighted by Gasteiger charge is -2.32. The standard InChI is InChI=1S/C35H50N4O/c1-6-9-13-28(35(40)39-23-21-38(5)22-24-39)19-18-27(8-3)29(14-10-7-2)30-15-11-12-16-31(30)34-26(4)17-20-33(37)32(34)25-36/h8,13-14,17-20,25,36H,6-7,9-12,15-16,21-24,37H2,1-5H3/b19-18-,27-8+,28-13-,29-14+,36-25?. The van der Waals surface area contributed by atoms with Crippen LogP contribution in [0.3, 0.4) is 0 Å². The summed E-state index contributed by atoms with van der Waals surface area (Å²) in [5.74, 6) is 0.135. The number of carbonyl (C=O) groups excluding carboxylic acids is 1. The predicted molar refractivity (Wildman–Crippen MR) is 172 cm³/mol. The number of nitrogens with zero attached hydrogens (tertiary/aromatic N) is 2. The van der Waals surface area contributed by atoms with Gasteiger partial charge in [-0.2, -0.15) is 0 Å². The van der Waals surface area contributed by atoms with Gasteiger partial charge in [-0.05, 0) is 105 Å². The molecule has 40 heavy (non-hydrogen) atoms. The summed E-state index contributed by atoms with van der Waals surface area (Å²) in [5.41, 5.74) is 16.0. The fourth-order valence-corrected chi connectivity index (χ4v) is 5.72. The van der Waals surface area contributed by atoms with E-state index in [1.54, 1.807) is 0 Å². The van der Waals surface area contributed by atoms with Gasteiger partial charge in [-0.3, -0.25) is 4.79 Å². The Hall–Kier alpha value is -3.18. The summed E-state index contributed by atoms with van der Waals surface area (Å²) in [7, 11) is 2.11. The van der Waals surface area contributed by atoms with Crippen molar-refractivity contribution in [3.05, 3.63) is 81.5 Å². The molecule has 1 aliphatic carbocycles. The monoisotopic (exact) mass is 542 g/mol. The highest BCUT2D eigenvalue weighted by Crippen LogP contribution is 2.42. The van der Waals surface area contributed by atoms with Crippen LogP contribution in [0, 0.1) is 12.3 Å². The molecule has 3 rings (SSSR count). The Bertz CT molecular complexity index is 1210. The third-order valence-corrected chi connectivity index (χ3v) is 8.12. The van der Waals surface area contributed by atoms with Crippen molar-refractivity contribution in [2.75, 3.05) is 39.0 Å². The molecule has 0 atom stereocenters. The van der Waals surface area contributed by atoms with E-state index in [9.17, 15) is 4.79 Å². The van der Waals surface area contributed by atoms with Crippen LogP contribution in [0.2, 0.25) is 0 Å². The van der Waals surface area contributed by atoms with E-state index in [4.69, 9.17) is 11.1 Å². The molecular formula is C35H50N4O. The molecule has 1 fully saturated rings. The second kappa shape index (κ2) is 15.6. The number of nitrogen functional groups attached to an aromatic ring is 1. The molecule has 1 amide bonds. The zero-order valence-corrected chi connectivity index (χ0v) is 25.5. The quantitative estimate of drug-likeness (QED) is 0.131. The molecule has 2 aliphatic rings. The molecule has 5 nitrogen and oxygen atoms in total. The average molecular weight is 543 g/mol. The number of amides is 1. The third-order valence-electron chi connectivity index (χ3n) is 8.12. The number of carbonyl (C=O) groups is 1. The first-order valence-corrected chi connectivity index (χ1v) is 15.2. The van der Waals surface area contributed by atoms with Crippen molar-refractivity contribution in [1.29, 1.82) is 5.41 Å². The zero-order chi connectivity index (χ0) is 29.1. The molecule has 1 aromatic rings. The van der Waals surface area contributed by atoms with Crippen LogP contribution in [0.25, 0.3) is 5.57 Å². The molecule has 0 unspecified atom stereocenters. The Morgan fingerprint density at radius 3 is 2.27 bits per heavy atom. The minimum atomic E-state index is 0.135. The van der Waals surface area contributed by atoms with E-state index < -0.39 is 0 Å². The van der Waals surface area contributed by atoms with Gasteiger partial charge in [-0.1, -0.05) is 57.1 Å². The summed E-state index contributed by atoms with van der Waals surface area (Å²) < 4.78 is 0. The highest BCUT2D eigenvalue weighted by Gasteiger charge is 2.24. The Balaban J connectivity index is 2.07. The molecule has 0 bridgehead atoms. The molecule has 5 heteroatoms.